The molecule has 0 unspecified atom stereocenters. The van der Waals surface area contributed by atoms with E-state index in [0.29, 0.717) is 36.3 Å². The number of fused-ring (bicyclic) bond motifs is 1. The third-order valence-corrected chi connectivity index (χ3v) is 7.99. The second-order valence-electron chi connectivity index (χ2n) is 11.9. The second kappa shape index (κ2) is 11.3. The SMILES string of the molecule is CCOC(=O)[C@H]1C[C@@H]1c1ccc(O[C@@H]2CCc3c(-c4c(C)cc(C(=O)NCC(C)(C)O)cc4C)ccc(F)c32)cc1. The molecule has 0 bridgehead atoms. The molecule has 2 N–H and O–H groups in total. The second-order valence-corrected chi connectivity index (χ2v) is 11.9. The predicted octanol–water partition coefficient (Wildman–Crippen LogP) is 6.34. The Labute approximate surface area is 240 Å². The zero-order valence-corrected chi connectivity index (χ0v) is 24.3. The van der Waals surface area contributed by atoms with Gasteiger partial charge in [-0.1, -0.05) is 18.2 Å². The first-order valence-electron chi connectivity index (χ1n) is 14.3. The summed E-state index contributed by atoms with van der Waals surface area (Å²) < 4.78 is 26.7. The normalized spacial score (nSPS) is 19.4. The maximum absolute atomic E-state index is 15.3. The van der Waals surface area contributed by atoms with Crippen molar-refractivity contribution in [1.82, 2.24) is 5.32 Å². The molecule has 216 valence electrons. The fraction of sp³-hybridized carbons (Fsp3) is 0.412. The van der Waals surface area contributed by atoms with Crippen LogP contribution in [0.15, 0.2) is 48.5 Å². The van der Waals surface area contributed by atoms with Crippen LogP contribution in [0.2, 0.25) is 0 Å². The maximum Gasteiger partial charge on any atom is 0.309 e. The van der Waals surface area contributed by atoms with Crippen molar-refractivity contribution >= 4 is 11.9 Å². The molecule has 2 aliphatic carbocycles. The molecule has 3 aromatic carbocycles. The number of ether oxygens (including phenoxy) is 2. The van der Waals surface area contributed by atoms with E-state index in [-0.39, 0.29) is 36.1 Å². The zero-order valence-electron chi connectivity index (χ0n) is 24.3. The lowest BCUT2D eigenvalue weighted by atomic mass is 9.89. The summed E-state index contributed by atoms with van der Waals surface area (Å²) in [7, 11) is 0. The molecular weight excluding hydrogens is 521 g/mol. The molecule has 3 aromatic rings. The summed E-state index contributed by atoms with van der Waals surface area (Å²) >= 11 is 0. The summed E-state index contributed by atoms with van der Waals surface area (Å²) in [4.78, 5) is 24.7. The smallest absolute Gasteiger partial charge is 0.309 e. The Morgan fingerprint density at radius 2 is 1.76 bits per heavy atom. The largest absolute Gasteiger partial charge is 0.486 e. The Hall–Kier alpha value is -3.71. The van der Waals surface area contributed by atoms with Gasteiger partial charge in [0.1, 0.15) is 17.7 Å². The van der Waals surface area contributed by atoms with Crippen LogP contribution in [-0.4, -0.2) is 35.7 Å². The van der Waals surface area contributed by atoms with Gasteiger partial charge in [-0.05, 0) is 124 Å². The molecule has 0 aliphatic heterocycles. The van der Waals surface area contributed by atoms with Gasteiger partial charge in [-0.25, -0.2) is 4.39 Å². The molecule has 0 radical (unpaired) electrons. The highest BCUT2D eigenvalue weighted by atomic mass is 19.1. The van der Waals surface area contributed by atoms with Gasteiger partial charge in [-0.3, -0.25) is 9.59 Å². The number of hydrogen-bond acceptors (Lipinski definition) is 5. The van der Waals surface area contributed by atoms with Gasteiger partial charge in [0, 0.05) is 17.7 Å². The van der Waals surface area contributed by atoms with Crippen LogP contribution in [0.25, 0.3) is 11.1 Å². The summed E-state index contributed by atoms with van der Waals surface area (Å²) in [6.45, 7) is 9.56. The van der Waals surface area contributed by atoms with E-state index in [4.69, 9.17) is 9.47 Å². The maximum atomic E-state index is 15.3. The van der Waals surface area contributed by atoms with E-state index in [2.05, 4.69) is 5.32 Å². The number of rotatable bonds is 9. The first-order valence-corrected chi connectivity index (χ1v) is 14.3. The lowest BCUT2D eigenvalue weighted by Gasteiger charge is -2.20. The van der Waals surface area contributed by atoms with Crippen molar-refractivity contribution in [2.45, 2.75) is 71.5 Å². The number of carbonyl (C=O) groups is 2. The lowest BCUT2D eigenvalue weighted by Crippen LogP contribution is -2.38. The van der Waals surface area contributed by atoms with Crippen molar-refractivity contribution in [3.05, 3.63) is 87.7 Å². The number of hydrogen-bond donors (Lipinski definition) is 2. The van der Waals surface area contributed by atoms with Crippen LogP contribution < -0.4 is 10.1 Å². The van der Waals surface area contributed by atoms with E-state index in [1.165, 1.54) is 6.07 Å². The molecule has 6 nitrogen and oxygen atoms in total. The van der Waals surface area contributed by atoms with Crippen LogP contribution in [0.5, 0.6) is 5.75 Å². The molecule has 0 aromatic heterocycles. The third-order valence-electron chi connectivity index (χ3n) is 7.99. The number of benzene rings is 3. The Bertz CT molecular complexity index is 1450. The van der Waals surface area contributed by atoms with Crippen LogP contribution in [0, 0.1) is 25.6 Å². The topological polar surface area (TPSA) is 84.9 Å². The molecule has 0 heterocycles. The molecule has 0 saturated heterocycles. The fourth-order valence-corrected chi connectivity index (χ4v) is 5.97. The van der Waals surface area contributed by atoms with Gasteiger partial charge in [0.25, 0.3) is 5.91 Å². The van der Waals surface area contributed by atoms with Crippen molar-refractivity contribution in [1.29, 1.82) is 0 Å². The molecular formula is C34H38FNO5. The number of amides is 1. The Kier molecular flexibility index (Phi) is 7.93. The summed E-state index contributed by atoms with van der Waals surface area (Å²) in [6.07, 6.45) is 1.74. The summed E-state index contributed by atoms with van der Waals surface area (Å²) in [5.41, 5.74) is 5.93. The molecule has 1 amide bonds. The zero-order chi connectivity index (χ0) is 29.5. The monoisotopic (exact) mass is 559 g/mol. The Morgan fingerprint density at radius 3 is 2.39 bits per heavy atom. The van der Waals surface area contributed by atoms with Crippen LogP contribution in [0.4, 0.5) is 4.39 Å². The molecule has 5 rings (SSSR count). The van der Waals surface area contributed by atoms with E-state index in [1.54, 1.807) is 13.8 Å². The average molecular weight is 560 g/mol. The number of aliphatic hydroxyl groups is 1. The van der Waals surface area contributed by atoms with Crippen molar-refractivity contribution in [3.8, 4) is 16.9 Å². The first-order chi connectivity index (χ1) is 19.5. The lowest BCUT2D eigenvalue weighted by molar-refractivity contribution is -0.144. The molecule has 1 saturated carbocycles. The van der Waals surface area contributed by atoms with Gasteiger partial charge in [0.2, 0.25) is 0 Å². The van der Waals surface area contributed by atoms with Gasteiger partial charge < -0.3 is 19.9 Å². The highest BCUT2D eigenvalue weighted by Gasteiger charge is 2.45. The van der Waals surface area contributed by atoms with E-state index >= 15 is 4.39 Å². The van der Waals surface area contributed by atoms with Crippen molar-refractivity contribution in [2.24, 2.45) is 5.92 Å². The van der Waals surface area contributed by atoms with Gasteiger partial charge >= 0.3 is 5.97 Å². The van der Waals surface area contributed by atoms with Crippen molar-refractivity contribution in [3.63, 3.8) is 0 Å². The molecule has 41 heavy (non-hydrogen) atoms. The number of nitrogens with one attached hydrogen (secondary N) is 1. The average Bonchev–Trinajstić information content (AvgIpc) is 3.61. The highest BCUT2D eigenvalue weighted by Crippen LogP contribution is 2.49. The van der Waals surface area contributed by atoms with E-state index in [0.717, 1.165) is 39.8 Å². The number of aryl methyl sites for hydroxylation is 2. The summed E-state index contributed by atoms with van der Waals surface area (Å²) in [6, 6.07) is 14.8. The minimum atomic E-state index is -1.00. The highest BCUT2D eigenvalue weighted by molar-refractivity contribution is 5.96. The summed E-state index contributed by atoms with van der Waals surface area (Å²) in [5.74, 6) is 0.113. The van der Waals surface area contributed by atoms with Crippen LogP contribution in [0.1, 0.15) is 83.8 Å². The quantitative estimate of drug-likeness (QED) is 0.299. The predicted molar refractivity (Wildman–Crippen MR) is 156 cm³/mol. The molecule has 7 heteroatoms. The van der Waals surface area contributed by atoms with E-state index in [9.17, 15) is 14.7 Å². The van der Waals surface area contributed by atoms with Crippen molar-refractivity contribution in [2.75, 3.05) is 13.2 Å². The van der Waals surface area contributed by atoms with Crippen LogP contribution in [0.3, 0.4) is 0 Å². The Morgan fingerprint density at radius 1 is 1.07 bits per heavy atom. The first kappa shape index (κ1) is 28.8. The number of esters is 1. The van der Waals surface area contributed by atoms with E-state index < -0.39 is 11.7 Å². The number of halogens is 1. The number of carbonyl (C=O) groups excluding carboxylic acids is 2. The van der Waals surface area contributed by atoms with Crippen molar-refractivity contribution < 1.29 is 28.6 Å². The van der Waals surface area contributed by atoms with Gasteiger partial charge in [-0.2, -0.15) is 0 Å². The standard InChI is InChI=1S/C34H38FNO5/c1-6-40-33(38)27-17-26(27)21-7-9-23(10-8-21)41-29-14-12-25-24(11-13-28(35)31(25)29)30-19(2)15-22(16-20(30)3)32(37)36-18-34(4,5)39/h7-11,13,15-16,26-27,29,39H,6,12,14,17-18H2,1-5H3,(H,36,37)/t26-,27+,29-/m1/s1. The Balaban J connectivity index is 1.34. The minimum absolute atomic E-state index is 0.0704. The van der Waals surface area contributed by atoms with E-state index in [1.807, 2.05) is 63.2 Å². The molecule has 0 spiro atoms. The molecule has 3 atom stereocenters. The molecule has 1 fully saturated rings. The summed E-state index contributed by atoms with van der Waals surface area (Å²) in [5, 5.41) is 12.7. The fourth-order valence-electron chi connectivity index (χ4n) is 5.97. The third kappa shape index (κ3) is 6.15. The van der Waals surface area contributed by atoms with Gasteiger partial charge in [0.05, 0.1) is 18.1 Å². The minimum Gasteiger partial charge on any atom is -0.486 e. The van der Waals surface area contributed by atoms with Crippen LogP contribution >= 0.6 is 0 Å². The van der Waals surface area contributed by atoms with Crippen LogP contribution in [-0.2, 0) is 16.0 Å². The van der Waals surface area contributed by atoms with Gasteiger partial charge in [0.15, 0.2) is 0 Å². The molecule has 2 aliphatic rings. The van der Waals surface area contributed by atoms with Gasteiger partial charge in [-0.15, -0.1) is 0 Å².